The van der Waals surface area contributed by atoms with Gasteiger partial charge >= 0.3 is 36.2 Å². The number of likely N-dealkylation sites (tertiary alicyclic amines) is 2. The summed E-state index contributed by atoms with van der Waals surface area (Å²) in [6.45, 7) is 2.77. The van der Waals surface area contributed by atoms with E-state index in [2.05, 4.69) is 35.0 Å². The van der Waals surface area contributed by atoms with Gasteiger partial charge in [0.2, 0.25) is 11.8 Å². The van der Waals surface area contributed by atoms with Crippen LogP contribution >= 0.6 is 15.9 Å². The van der Waals surface area contributed by atoms with Crippen molar-refractivity contribution in [2.45, 2.75) is 55.1 Å². The summed E-state index contributed by atoms with van der Waals surface area (Å²) in [4.78, 5) is 54.1. The van der Waals surface area contributed by atoms with Gasteiger partial charge in [-0.05, 0) is 40.2 Å². The van der Waals surface area contributed by atoms with Crippen LogP contribution in [-0.2, 0) is 80.7 Å². The van der Waals surface area contributed by atoms with Crippen LogP contribution in [0.15, 0.2) is 152 Å². The molecule has 5 aromatic carbocycles. The normalized spacial score (nSPS) is 17.6. The maximum absolute atomic E-state index is 13.4. The number of nitrogens with zero attached hydrogens (tertiary/aromatic N) is 2. The molecule has 2 heterocycles. The number of benzene rings is 5. The van der Waals surface area contributed by atoms with Gasteiger partial charge in [-0.15, -0.1) is 0 Å². The molecule has 2 saturated heterocycles. The standard InChI is InChI=1S/C21H23NO3.C20H21NO4.C7H7Br.2Ag.O/c1-15-13-18(21(24)25-2)22(14-15)20(23)19(16-9-5-3-6-10-16)17-11-7-4-8-12-17;1-25-20(24)17-12-16(22)13-21(17)19(23)18(14-8-4-2-5-9-14)15-10-6-3-7-11-15;8-6-7-4-2-1-3-5-7;;;/h3-12,15,18-19H,13-14H2,1-2H3;2-11,16-18,22H,12-13H2,1H3;1-5H,6H2;;;/t15-,18-;16-,17-;;;;/m00..../s1. The second kappa shape index (κ2) is 26.9. The van der Waals surface area contributed by atoms with Gasteiger partial charge in [-0.3, -0.25) is 9.59 Å². The van der Waals surface area contributed by atoms with Gasteiger partial charge in [-0.2, -0.15) is 0 Å². The number of aliphatic hydroxyl groups excluding tert-OH is 1. The monoisotopic (exact) mass is 1080 g/mol. The number of amides is 2. The molecular formula is C48H51Ag2BrN2O8. The first-order valence-corrected chi connectivity index (χ1v) is 21.3. The third-order valence-corrected chi connectivity index (χ3v) is 11.0. The second-order valence-electron chi connectivity index (χ2n) is 14.4. The Labute approximate surface area is 394 Å². The summed E-state index contributed by atoms with van der Waals surface area (Å²) in [5.74, 6) is -1.75. The van der Waals surface area contributed by atoms with Gasteiger partial charge in [-0.25, -0.2) is 9.59 Å². The van der Waals surface area contributed by atoms with Crippen LogP contribution in [-0.4, -0.2) is 84.2 Å². The molecule has 7 rings (SSSR count). The summed E-state index contributed by atoms with van der Waals surface area (Å²) in [6, 6.07) is 47.4. The molecule has 1 N–H and O–H groups in total. The van der Waals surface area contributed by atoms with E-state index in [0.717, 1.165) is 27.6 Å². The Morgan fingerprint density at radius 2 is 0.902 bits per heavy atom. The predicted molar refractivity (Wildman–Crippen MR) is 229 cm³/mol. The zero-order chi connectivity index (χ0) is 43.4. The first-order valence-electron chi connectivity index (χ1n) is 19.5. The van der Waals surface area contributed by atoms with Gasteiger partial charge in [0.05, 0.1) is 32.2 Å². The summed E-state index contributed by atoms with van der Waals surface area (Å²) < 4.78 is 17.8. The van der Waals surface area contributed by atoms with E-state index in [0.29, 0.717) is 13.0 Å². The van der Waals surface area contributed by atoms with Crippen LogP contribution in [0.3, 0.4) is 0 Å². The fourth-order valence-corrected chi connectivity index (χ4v) is 7.88. The SMILES string of the molecule is BrCc1ccccc1.COC(=O)[C@@H]1C[C@H](C)CN1C(=O)C(c1ccccc1)c1ccccc1.COC(=O)[C@@H]1C[C@H](O)CN1C(=O)C(c1ccccc1)c1ccccc1.[Ag].[O]=[Ag]. The molecule has 330 valence electrons. The zero-order valence-corrected chi connectivity index (χ0v) is 38.7. The average Bonchev–Trinajstić information content (AvgIpc) is 3.91. The van der Waals surface area contributed by atoms with Crippen LogP contribution in [0.25, 0.3) is 0 Å². The molecule has 0 unspecified atom stereocenters. The summed E-state index contributed by atoms with van der Waals surface area (Å²) >= 11 is 5.06. The van der Waals surface area contributed by atoms with Gasteiger partial charge in [0.1, 0.15) is 12.1 Å². The van der Waals surface area contributed by atoms with Gasteiger partial charge < -0.3 is 24.4 Å². The van der Waals surface area contributed by atoms with Gasteiger partial charge in [0, 0.05) is 47.2 Å². The van der Waals surface area contributed by atoms with Crippen LogP contribution < -0.4 is 0 Å². The number of rotatable bonds is 9. The third kappa shape index (κ3) is 14.4. The average molecular weight is 1080 g/mol. The summed E-state index contributed by atoms with van der Waals surface area (Å²) in [7, 11) is 2.67. The van der Waals surface area contributed by atoms with Crippen molar-refractivity contribution in [3.8, 4) is 0 Å². The Kier molecular flexibility index (Phi) is 22.5. The van der Waals surface area contributed by atoms with Crippen LogP contribution in [0.2, 0.25) is 0 Å². The van der Waals surface area contributed by atoms with Crippen molar-refractivity contribution in [2.75, 3.05) is 27.3 Å². The number of carbonyl (C=O) groups excluding carboxylic acids is 4. The quantitative estimate of drug-likeness (QED) is 0.0907. The molecule has 61 heavy (non-hydrogen) atoms. The Bertz CT molecular complexity index is 1860. The summed E-state index contributed by atoms with van der Waals surface area (Å²) in [6.07, 6.45) is 0.129. The van der Waals surface area contributed by atoms with Crippen molar-refractivity contribution in [3.05, 3.63) is 179 Å². The molecule has 0 bridgehead atoms. The van der Waals surface area contributed by atoms with Crippen molar-refractivity contribution >= 4 is 39.7 Å². The van der Waals surface area contributed by atoms with Crippen molar-refractivity contribution in [1.29, 1.82) is 0 Å². The van der Waals surface area contributed by atoms with Crippen LogP contribution in [0, 0.1) is 5.92 Å². The number of halogens is 1. The number of alkyl halides is 1. The Morgan fingerprint density at radius 3 is 1.21 bits per heavy atom. The summed E-state index contributed by atoms with van der Waals surface area (Å²) in [5.41, 5.74) is 4.89. The van der Waals surface area contributed by atoms with Crippen LogP contribution in [0.4, 0.5) is 0 Å². The Morgan fingerprint density at radius 1 is 0.590 bits per heavy atom. The number of aliphatic hydroxyl groups is 1. The van der Waals surface area contributed by atoms with Gasteiger partial charge in [0.25, 0.3) is 0 Å². The summed E-state index contributed by atoms with van der Waals surface area (Å²) in [5, 5.41) is 10.9. The van der Waals surface area contributed by atoms with Crippen LogP contribution in [0.5, 0.6) is 0 Å². The van der Waals surface area contributed by atoms with Gasteiger partial charge in [0.15, 0.2) is 0 Å². The van der Waals surface area contributed by atoms with E-state index in [9.17, 15) is 24.3 Å². The zero-order valence-electron chi connectivity index (χ0n) is 34.1. The number of hydrogen-bond acceptors (Lipinski definition) is 8. The topological polar surface area (TPSA) is 131 Å². The Hall–Kier alpha value is -4.30. The molecule has 0 saturated carbocycles. The first-order chi connectivity index (χ1) is 29.2. The van der Waals surface area contributed by atoms with Crippen molar-refractivity contribution in [2.24, 2.45) is 5.92 Å². The second-order valence-corrected chi connectivity index (χ2v) is 15.0. The number of hydrogen-bond donors (Lipinski definition) is 1. The molecule has 4 atom stereocenters. The van der Waals surface area contributed by atoms with E-state index < -0.39 is 36.0 Å². The molecule has 1 radical (unpaired) electrons. The van der Waals surface area contributed by atoms with Gasteiger partial charge in [-0.1, -0.05) is 175 Å². The third-order valence-electron chi connectivity index (χ3n) is 10.3. The van der Waals surface area contributed by atoms with E-state index >= 15 is 0 Å². The first kappa shape index (κ1) is 51.1. The molecule has 10 nitrogen and oxygen atoms in total. The molecule has 2 amide bonds. The predicted octanol–water partition coefficient (Wildman–Crippen LogP) is 7.64. The molecular weight excluding hydrogens is 1030 g/mol. The molecule has 2 aliphatic heterocycles. The maximum atomic E-state index is 13.4. The fourth-order valence-electron chi connectivity index (χ4n) is 7.50. The molecule has 0 aliphatic carbocycles. The Balaban J connectivity index is 0.000000263. The van der Waals surface area contributed by atoms with Crippen molar-refractivity contribution < 1.29 is 80.4 Å². The number of esters is 2. The molecule has 0 aromatic heterocycles. The van der Waals surface area contributed by atoms with Crippen molar-refractivity contribution in [1.82, 2.24) is 9.80 Å². The molecule has 2 aliphatic rings. The molecule has 0 spiro atoms. The number of ether oxygens (including phenoxy) is 2. The van der Waals surface area contributed by atoms with E-state index in [-0.39, 0.29) is 59.0 Å². The number of methoxy groups -OCH3 is 2. The molecule has 5 aromatic rings. The number of carbonyl (C=O) groups is 4. The number of β-amino-alcohol motifs (C(OH)–C–C–N with tert-alkyl or cyclic N) is 1. The van der Waals surface area contributed by atoms with E-state index in [1.807, 2.05) is 140 Å². The van der Waals surface area contributed by atoms with E-state index in [4.69, 9.17) is 12.7 Å². The molecule has 13 heteroatoms. The van der Waals surface area contributed by atoms with E-state index in [1.165, 1.54) is 24.7 Å². The molecule has 2 fully saturated rings. The minimum atomic E-state index is -0.748. The fraction of sp³-hybridized carbons (Fsp3) is 0.292. The van der Waals surface area contributed by atoms with E-state index in [1.54, 1.807) is 25.9 Å². The van der Waals surface area contributed by atoms with Crippen molar-refractivity contribution in [3.63, 3.8) is 0 Å². The van der Waals surface area contributed by atoms with Crippen LogP contribution in [0.1, 0.15) is 59.4 Å². The minimum absolute atomic E-state index is 0.